The van der Waals surface area contributed by atoms with Gasteiger partial charge in [0.1, 0.15) is 5.60 Å². The van der Waals surface area contributed by atoms with E-state index in [1.807, 2.05) is 45.6 Å². The van der Waals surface area contributed by atoms with Gasteiger partial charge in [-0.25, -0.2) is 14.8 Å². The highest BCUT2D eigenvalue weighted by Crippen LogP contribution is 2.22. The second kappa shape index (κ2) is 7.81. The van der Waals surface area contributed by atoms with E-state index in [0.717, 1.165) is 43.6 Å². The molecule has 2 heterocycles. The molecule has 0 N–H and O–H groups in total. The molecule has 1 fully saturated rings. The van der Waals surface area contributed by atoms with Crippen LogP contribution in [0.15, 0.2) is 6.07 Å². The number of aromatic nitrogens is 2. The molecular weight excluding hydrogens is 306 g/mol. The van der Waals surface area contributed by atoms with E-state index in [-0.39, 0.29) is 12.1 Å². The van der Waals surface area contributed by atoms with Crippen molar-refractivity contribution in [1.82, 2.24) is 14.9 Å². The predicted molar refractivity (Wildman–Crippen MR) is 92.2 cm³/mol. The van der Waals surface area contributed by atoms with E-state index in [1.54, 1.807) is 0 Å². The SMILES string of the molecule is Cc1cc(C)nc(OCC[C@@H]2CCCCN2C(=O)OC(C)(C)C)n1. The largest absolute Gasteiger partial charge is 0.463 e. The Hall–Kier alpha value is -1.85. The molecule has 134 valence electrons. The van der Waals surface area contributed by atoms with Crippen LogP contribution in [0.3, 0.4) is 0 Å². The molecule has 1 aromatic heterocycles. The maximum atomic E-state index is 12.4. The molecule has 1 aromatic rings. The number of hydrogen-bond acceptors (Lipinski definition) is 5. The third-order valence-corrected chi connectivity index (χ3v) is 3.90. The van der Waals surface area contributed by atoms with Gasteiger partial charge in [0.05, 0.1) is 6.61 Å². The first-order chi connectivity index (χ1) is 11.2. The normalized spacial score (nSPS) is 18.4. The van der Waals surface area contributed by atoms with Crippen molar-refractivity contribution in [3.8, 4) is 6.01 Å². The molecule has 0 aliphatic carbocycles. The minimum absolute atomic E-state index is 0.152. The maximum Gasteiger partial charge on any atom is 0.410 e. The number of hydrogen-bond donors (Lipinski definition) is 0. The Kier molecular flexibility index (Phi) is 6.02. The summed E-state index contributed by atoms with van der Waals surface area (Å²) < 4.78 is 11.2. The molecule has 6 heteroatoms. The summed E-state index contributed by atoms with van der Waals surface area (Å²) in [5.41, 5.74) is 1.32. The van der Waals surface area contributed by atoms with Crippen LogP contribution in [0.2, 0.25) is 0 Å². The van der Waals surface area contributed by atoms with E-state index in [4.69, 9.17) is 9.47 Å². The van der Waals surface area contributed by atoms with Crippen LogP contribution in [0.25, 0.3) is 0 Å². The van der Waals surface area contributed by atoms with Crippen LogP contribution in [0.5, 0.6) is 6.01 Å². The van der Waals surface area contributed by atoms with Gasteiger partial charge in [-0.3, -0.25) is 0 Å². The Morgan fingerprint density at radius 1 is 1.25 bits per heavy atom. The average molecular weight is 335 g/mol. The lowest BCUT2D eigenvalue weighted by Gasteiger charge is -2.36. The smallest absolute Gasteiger partial charge is 0.410 e. The van der Waals surface area contributed by atoms with Gasteiger partial charge in [0.25, 0.3) is 0 Å². The van der Waals surface area contributed by atoms with E-state index in [0.29, 0.717) is 12.6 Å². The third-order valence-electron chi connectivity index (χ3n) is 3.90. The second-order valence-electron chi connectivity index (χ2n) is 7.39. The summed E-state index contributed by atoms with van der Waals surface area (Å²) in [5.74, 6) is 0. The highest BCUT2D eigenvalue weighted by Gasteiger charge is 2.30. The van der Waals surface area contributed by atoms with Crippen molar-refractivity contribution in [1.29, 1.82) is 0 Å². The molecule has 2 rings (SSSR count). The van der Waals surface area contributed by atoms with Crippen molar-refractivity contribution < 1.29 is 14.3 Å². The van der Waals surface area contributed by atoms with Crippen LogP contribution in [0, 0.1) is 13.8 Å². The Bertz CT molecular complexity index is 549. The first-order valence-corrected chi connectivity index (χ1v) is 8.69. The standard InChI is InChI=1S/C18H29N3O3/c1-13-12-14(2)20-16(19-13)23-11-9-15-8-6-7-10-21(15)17(22)24-18(3,4)5/h12,15H,6-11H2,1-5H3/t15-/m0/s1. The van der Waals surface area contributed by atoms with Crippen molar-refractivity contribution >= 4 is 6.09 Å². The van der Waals surface area contributed by atoms with Crippen LogP contribution < -0.4 is 4.74 Å². The number of likely N-dealkylation sites (tertiary alicyclic amines) is 1. The highest BCUT2D eigenvalue weighted by atomic mass is 16.6. The van der Waals surface area contributed by atoms with Crippen LogP contribution in [0.1, 0.15) is 57.8 Å². The average Bonchev–Trinajstić information content (AvgIpc) is 2.45. The molecule has 1 saturated heterocycles. The van der Waals surface area contributed by atoms with E-state index in [2.05, 4.69) is 9.97 Å². The molecule has 0 saturated carbocycles. The molecule has 24 heavy (non-hydrogen) atoms. The number of ether oxygens (including phenoxy) is 2. The molecule has 0 bridgehead atoms. The van der Waals surface area contributed by atoms with E-state index in [9.17, 15) is 4.79 Å². The fraction of sp³-hybridized carbons (Fsp3) is 0.722. The summed E-state index contributed by atoms with van der Waals surface area (Å²) in [5, 5.41) is 0. The summed E-state index contributed by atoms with van der Waals surface area (Å²) >= 11 is 0. The lowest BCUT2D eigenvalue weighted by molar-refractivity contribution is 0.00732. The van der Waals surface area contributed by atoms with E-state index in [1.165, 1.54) is 0 Å². The summed E-state index contributed by atoms with van der Waals surface area (Å²) in [6.45, 7) is 10.8. The Balaban J connectivity index is 1.90. The van der Waals surface area contributed by atoms with Crippen molar-refractivity contribution in [2.24, 2.45) is 0 Å². The number of carbonyl (C=O) groups is 1. The van der Waals surface area contributed by atoms with Gasteiger partial charge >= 0.3 is 12.1 Å². The Morgan fingerprint density at radius 3 is 2.54 bits per heavy atom. The first kappa shape index (κ1) is 18.5. The number of nitrogens with zero attached hydrogens (tertiary/aromatic N) is 3. The molecule has 6 nitrogen and oxygen atoms in total. The van der Waals surface area contributed by atoms with Gasteiger partial charge in [-0.2, -0.15) is 0 Å². The number of carbonyl (C=O) groups excluding carboxylic acids is 1. The van der Waals surface area contributed by atoms with Gasteiger partial charge in [0, 0.05) is 30.4 Å². The fourth-order valence-electron chi connectivity index (χ4n) is 2.91. The molecule has 0 unspecified atom stereocenters. The molecule has 0 radical (unpaired) electrons. The number of piperidine rings is 1. The minimum Gasteiger partial charge on any atom is -0.463 e. The van der Waals surface area contributed by atoms with Crippen molar-refractivity contribution in [2.45, 2.75) is 71.9 Å². The molecule has 1 aliphatic heterocycles. The zero-order valence-corrected chi connectivity index (χ0v) is 15.5. The zero-order valence-electron chi connectivity index (χ0n) is 15.5. The molecule has 1 aliphatic rings. The van der Waals surface area contributed by atoms with Crippen LogP contribution in [-0.2, 0) is 4.74 Å². The highest BCUT2D eigenvalue weighted by molar-refractivity contribution is 5.68. The topological polar surface area (TPSA) is 64.5 Å². The number of aryl methyl sites for hydroxylation is 2. The summed E-state index contributed by atoms with van der Waals surface area (Å²) in [4.78, 5) is 22.8. The fourth-order valence-corrected chi connectivity index (χ4v) is 2.91. The third kappa shape index (κ3) is 5.65. The van der Waals surface area contributed by atoms with Crippen LogP contribution >= 0.6 is 0 Å². The van der Waals surface area contributed by atoms with Crippen LogP contribution in [0.4, 0.5) is 4.79 Å². The zero-order chi connectivity index (χ0) is 17.7. The number of amides is 1. The Labute approximate surface area is 144 Å². The first-order valence-electron chi connectivity index (χ1n) is 8.69. The van der Waals surface area contributed by atoms with Crippen LogP contribution in [-0.4, -0.2) is 45.8 Å². The molecule has 1 amide bonds. The monoisotopic (exact) mass is 335 g/mol. The molecule has 0 spiro atoms. The second-order valence-corrected chi connectivity index (χ2v) is 7.39. The molecule has 1 atom stereocenters. The molecular formula is C18H29N3O3. The van der Waals surface area contributed by atoms with Crippen molar-refractivity contribution in [3.63, 3.8) is 0 Å². The minimum atomic E-state index is -0.470. The number of rotatable bonds is 4. The van der Waals surface area contributed by atoms with Gasteiger partial charge < -0.3 is 14.4 Å². The lowest BCUT2D eigenvalue weighted by Crippen LogP contribution is -2.46. The Morgan fingerprint density at radius 2 is 1.92 bits per heavy atom. The summed E-state index contributed by atoms with van der Waals surface area (Å²) in [6.07, 6.45) is 3.67. The van der Waals surface area contributed by atoms with Gasteiger partial charge in [0.2, 0.25) is 0 Å². The van der Waals surface area contributed by atoms with Gasteiger partial charge in [-0.1, -0.05) is 0 Å². The van der Waals surface area contributed by atoms with Crippen molar-refractivity contribution in [2.75, 3.05) is 13.2 Å². The maximum absolute atomic E-state index is 12.4. The summed E-state index contributed by atoms with van der Waals surface area (Å²) in [7, 11) is 0. The van der Waals surface area contributed by atoms with Crippen molar-refractivity contribution in [3.05, 3.63) is 17.5 Å². The quantitative estimate of drug-likeness (QED) is 0.840. The predicted octanol–water partition coefficient (Wildman–Crippen LogP) is 3.65. The molecule has 0 aromatic carbocycles. The van der Waals surface area contributed by atoms with Gasteiger partial charge in [-0.05, 0) is 59.9 Å². The van der Waals surface area contributed by atoms with Gasteiger partial charge in [0.15, 0.2) is 0 Å². The van der Waals surface area contributed by atoms with Gasteiger partial charge in [-0.15, -0.1) is 0 Å². The van der Waals surface area contributed by atoms with E-state index < -0.39 is 5.60 Å². The lowest BCUT2D eigenvalue weighted by atomic mass is 10.0. The summed E-state index contributed by atoms with van der Waals surface area (Å²) in [6, 6.07) is 2.48. The van der Waals surface area contributed by atoms with E-state index >= 15 is 0 Å².